The molecule has 3 N–H and O–H groups in total. The monoisotopic (exact) mass is 871 g/mol. The topological polar surface area (TPSA) is 149 Å². The van der Waals surface area contributed by atoms with Crippen molar-refractivity contribution in [3.63, 3.8) is 0 Å². The maximum absolute atomic E-state index is 12.8. The number of methoxy groups -OCH3 is 1. The molecule has 5 atom stereocenters. The maximum Gasteiger partial charge on any atom is 0.306 e. The fraction of sp³-hybridized carbons (Fsp3) is 0.941. The highest BCUT2D eigenvalue weighted by Crippen LogP contribution is 2.19. The van der Waals surface area contributed by atoms with Gasteiger partial charge in [-0.1, -0.05) is 195 Å². The quantitative estimate of drug-likeness (QED) is 0.0307. The number of carbonyl (C=O) groups is 3. The van der Waals surface area contributed by atoms with Gasteiger partial charge in [0.25, 0.3) is 0 Å². The zero-order valence-electron chi connectivity index (χ0n) is 40.3. The first-order chi connectivity index (χ1) is 29.5. The van der Waals surface area contributed by atoms with Gasteiger partial charge in [0.1, 0.15) is 13.2 Å². The summed E-state index contributed by atoms with van der Waals surface area (Å²) >= 11 is 0. The largest absolute Gasteiger partial charge is 0.462 e. The Morgan fingerprint density at radius 1 is 0.410 bits per heavy atom. The van der Waals surface area contributed by atoms with E-state index in [1.807, 2.05) is 13.8 Å². The fourth-order valence-electron chi connectivity index (χ4n) is 8.03. The van der Waals surface area contributed by atoms with Crippen molar-refractivity contribution in [1.82, 2.24) is 0 Å². The molecule has 0 saturated heterocycles. The second kappa shape index (κ2) is 43.5. The van der Waals surface area contributed by atoms with Gasteiger partial charge in [-0.25, -0.2) is 0 Å². The lowest BCUT2D eigenvalue weighted by molar-refractivity contribution is -0.167. The molecule has 0 aromatic rings. The molecule has 0 radical (unpaired) electrons. The Morgan fingerprint density at radius 3 is 1.03 bits per heavy atom. The number of hydrogen-bond acceptors (Lipinski definition) is 10. The molecule has 5 unspecified atom stereocenters. The van der Waals surface area contributed by atoms with Crippen LogP contribution in [0.2, 0.25) is 0 Å². The smallest absolute Gasteiger partial charge is 0.306 e. The lowest BCUT2D eigenvalue weighted by Gasteiger charge is -2.24. The van der Waals surface area contributed by atoms with Crippen molar-refractivity contribution in [1.29, 1.82) is 0 Å². The number of carbonyl (C=O) groups excluding carboxylic acids is 3. The molecule has 0 aromatic heterocycles. The second-order valence-electron chi connectivity index (χ2n) is 18.3. The van der Waals surface area contributed by atoms with E-state index in [0.29, 0.717) is 32.1 Å². The van der Waals surface area contributed by atoms with Crippen molar-refractivity contribution in [2.24, 2.45) is 5.92 Å². The Balaban J connectivity index is 4.52. The van der Waals surface area contributed by atoms with Crippen LogP contribution in [0.1, 0.15) is 252 Å². The Kier molecular flexibility index (Phi) is 42.3. The van der Waals surface area contributed by atoms with E-state index in [4.69, 9.17) is 18.9 Å². The molecular weight excluding hydrogens is 773 g/mol. The summed E-state index contributed by atoms with van der Waals surface area (Å²) in [5.41, 5.74) is 0. The highest BCUT2D eigenvalue weighted by atomic mass is 16.6. The van der Waals surface area contributed by atoms with E-state index in [9.17, 15) is 29.7 Å². The molecule has 0 saturated carbocycles. The first kappa shape index (κ1) is 59.2. The van der Waals surface area contributed by atoms with Gasteiger partial charge in [0.15, 0.2) is 6.10 Å². The second-order valence-corrected chi connectivity index (χ2v) is 18.3. The van der Waals surface area contributed by atoms with Gasteiger partial charge in [-0.15, -0.1) is 0 Å². The van der Waals surface area contributed by atoms with Crippen LogP contribution in [0.15, 0.2) is 0 Å². The van der Waals surface area contributed by atoms with Crippen LogP contribution in [0.4, 0.5) is 0 Å². The molecule has 10 heteroatoms. The third kappa shape index (κ3) is 38.4. The lowest BCUT2D eigenvalue weighted by atomic mass is 9.97. The molecule has 0 bridgehead atoms. The van der Waals surface area contributed by atoms with Crippen molar-refractivity contribution in [2.45, 2.75) is 283 Å². The normalized spacial score (nSPS) is 14.1. The number of unbranched alkanes of at least 4 members (excludes halogenated alkanes) is 25. The summed E-state index contributed by atoms with van der Waals surface area (Å²) in [5.74, 6) is -0.841. The van der Waals surface area contributed by atoms with E-state index < -0.39 is 24.4 Å². The fourth-order valence-corrected chi connectivity index (χ4v) is 8.03. The summed E-state index contributed by atoms with van der Waals surface area (Å²) in [6, 6.07) is 0. The highest BCUT2D eigenvalue weighted by molar-refractivity contribution is 5.71. The summed E-state index contributed by atoms with van der Waals surface area (Å²) in [4.78, 5) is 38.0. The molecule has 0 fully saturated rings. The Labute approximate surface area is 374 Å². The average Bonchev–Trinajstić information content (AvgIpc) is 3.23. The Bertz CT molecular complexity index is 990. The third-order valence-electron chi connectivity index (χ3n) is 12.0. The molecule has 0 spiro atoms. The standard InChI is InChI=1S/C51H98O10/c1-6-8-10-12-13-14-15-16-17-18-19-20-26-34-40-50(57)61-44(42-60-49(56)39-33-28-22-25-31-37-47(54)51(58-5)43(3)4)41-59-48(55)38-32-27-21-24-30-36-46(53)45(52)35-29-23-11-9-7-2/h43-47,51-54H,6-42H2,1-5H3. The lowest BCUT2D eigenvalue weighted by Crippen LogP contribution is -2.32. The van der Waals surface area contributed by atoms with Gasteiger partial charge in [-0.2, -0.15) is 0 Å². The number of ether oxygens (including phenoxy) is 4. The Morgan fingerprint density at radius 2 is 0.705 bits per heavy atom. The first-order valence-corrected chi connectivity index (χ1v) is 25.6. The molecule has 0 aliphatic rings. The predicted molar refractivity (Wildman–Crippen MR) is 248 cm³/mol. The van der Waals surface area contributed by atoms with Crippen molar-refractivity contribution in [3.8, 4) is 0 Å². The molecule has 61 heavy (non-hydrogen) atoms. The number of rotatable bonds is 46. The van der Waals surface area contributed by atoms with Gasteiger partial charge in [0, 0.05) is 26.4 Å². The van der Waals surface area contributed by atoms with Crippen molar-refractivity contribution >= 4 is 17.9 Å². The third-order valence-corrected chi connectivity index (χ3v) is 12.0. The van der Waals surface area contributed by atoms with Crippen molar-refractivity contribution in [2.75, 3.05) is 20.3 Å². The molecule has 0 aliphatic heterocycles. The molecule has 362 valence electrons. The maximum atomic E-state index is 12.8. The van der Waals surface area contributed by atoms with Gasteiger partial charge in [0.05, 0.1) is 24.4 Å². The van der Waals surface area contributed by atoms with Crippen molar-refractivity contribution in [3.05, 3.63) is 0 Å². The summed E-state index contributed by atoms with van der Waals surface area (Å²) < 4.78 is 22.1. The van der Waals surface area contributed by atoms with E-state index in [1.165, 1.54) is 89.9 Å². The van der Waals surface area contributed by atoms with E-state index in [1.54, 1.807) is 7.11 Å². The molecule has 0 aliphatic carbocycles. The Hall–Kier alpha value is -1.75. The van der Waals surface area contributed by atoms with Crippen LogP contribution in [0, 0.1) is 5.92 Å². The zero-order valence-corrected chi connectivity index (χ0v) is 40.3. The number of aliphatic hydroxyl groups excluding tert-OH is 3. The minimum absolute atomic E-state index is 0.148. The van der Waals surface area contributed by atoms with Gasteiger partial charge in [-0.3, -0.25) is 14.4 Å². The average molecular weight is 871 g/mol. The van der Waals surface area contributed by atoms with Crippen LogP contribution >= 0.6 is 0 Å². The summed E-state index contributed by atoms with van der Waals surface area (Å²) in [6.07, 6.45) is 31.5. The number of hydrogen-bond donors (Lipinski definition) is 3. The van der Waals surface area contributed by atoms with Crippen LogP contribution in [0.25, 0.3) is 0 Å². The van der Waals surface area contributed by atoms with Gasteiger partial charge in [-0.05, 0) is 44.4 Å². The van der Waals surface area contributed by atoms with Crippen LogP contribution in [-0.2, 0) is 33.3 Å². The number of aliphatic hydroxyl groups is 3. The van der Waals surface area contributed by atoms with Crippen LogP contribution in [-0.4, -0.2) is 84.1 Å². The summed E-state index contributed by atoms with van der Waals surface area (Å²) in [6.45, 7) is 8.23. The predicted octanol–water partition coefficient (Wildman–Crippen LogP) is 12.4. The van der Waals surface area contributed by atoms with Gasteiger partial charge >= 0.3 is 17.9 Å². The molecule has 0 amide bonds. The van der Waals surface area contributed by atoms with Gasteiger partial charge in [0.2, 0.25) is 0 Å². The van der Waals surface area contributed by atoms with E-state index in [0.717, 1.165) is 83.5 Å². The summed E-state index contributed by atoms with van der Waals surface area (Å²) in [5, 5.41) is 30.9. The van der Waals surface area contributed by atoms with Gasteiger partial charge < -0.3 is 34.3 Å². The molecule has 0 aromatic carbocycles. The minimum atomic E-state index is -0.849. The minimum Gasteiger partial charge on any atom is -0.462 e. The molecule has 0 heterocycles. The van der Waals surface area contributed by atoms with Crippen LogP contribution < -0.4 is 0 Å². The number of esters is 3. The van der Waals surface area contributed by atoms with Crippen LogP contribution in [0.3, 0.4) is 0 Å². The van der Waals surface area contributed by atoms with E-state index >= 15 is 0 Å². The van der Waals surface area contributed by atoms with E-state index in [-0.39, 0.29) is 62.4 Å². The SMILES string of the molecule is CCCCCCCCCCCCCCCCC(=O)OC(COC(=O)CCCCCCCC(O)C(O)CCCCCCC)COC(=O)CCCCCCCC(O)C(OC)C(C)C. The van der Waals surface area contributed by atoms with Crippen molar-refractivity contribution < 1.29 is 48.7 Å². The van der Waals surface area contributed by atoms with Crippen LogP contribution in [0.5, 0.6) is 0 Å². The molecular formula is C51H98O10. The first-order valence-electron chi connectivity index (χ1n) is 25.6. The zero-order chi connectivity index (χ0) is 45.2. The molecule has 0 rings (SSSR count). The summed E-state index contributed by atoms with van der Waals surface area (Å²) in [7, 11) is 1.64. The molecule has 10 nitrogen and oxygen atoms in total. The highest BCUT2D eigenvalue weighted by Gasteiger charge is 2.22. The van der Waals surface area contributed by atoms with E-state index in [2.05, 4.69) is 13.8 Å².